The number of para-hydroxylation sites is 1. The normalized spacial score (nSPS) is 21.0. The molecule has 2 atom stereocenters. The third-order valence-corrected chi connectivity index (χ3v) is 4.60. The summed E-state index contributed by atoms with van der Waals surface area (Å²) in [6.45, 7) is 9.83. The fourth-order valence-electron chi connectivity index (χ4n) is 3.65. The molecule has 1 fully saturated rings. The van der Waals surface area contributed by atoms with Gasteiger partial charge in [-0.05, 0) is 33.3 Å². The maximum atomic E-state index is 11.3. The molecule has 7 heteroatoms. The van der Waals surface area contributed by atoms with Gasteiger partial charge in [0.05, 0.1) is 17.1 Å². The van der Waals surface area contributed by atoms with Crippen molar-refractivity contribution in [2.24, 2.45) is 0 Å². The summed E-state index contributed by atoms with van der Waals surface area (Å²) in [6, 6.07) is 7.03. The van der Waals surface area contributed by atoms with Crippen molar-refractivity contribution in [1.29, 1.82) is 0 Å². The van der Waals surface area contributed by atoms with E-state index in [1.54, 1.807) is 6.07 Å². The Balaban J connectivity index is 1.66. The number of aromatic nitrogens is 1. The molecule has 0 bridgehead atoms. The number of anilines is 1. The van der Waals surface area contributed by atoms with E-state index in [0.717, 1.165) is 49.4 Å². The van der Waals surface area contributed by atoms with Crippen molar-refractivity contribution in [3.63, 3.8) is 0 Å². The van der Waals surface area contributed by atoms with E-state index >= 15 is 0 Å². The number of ether oxygens (including phenoxy) is 1. The second-order valence-electron chi connectivity index (χ2n) is 7.04. The smallest absolute Gasteiger partial charge is 0.295 e. The fraction of sp³-hybridized carbons (Fsp3) is 0.526. The number of morpholine rings is 1. The van der Waals surface area contributed by atoms with Crippen LogP contribution in [0.2, 0.25) is 0 Å². The highest BCUT2D eigenvalue weighted by Crippen LogP contribution is 2.29. The Morgan fingerprint density at radius 1 is 1.35 bits per heavy atom. The minimum Gasteiger partial charge on any atom is -0.384 e. The summed E-state index contributed by atoms with van der Waals surface area (Å²) in [5.41, 5.74) is 2.16. The topological polar surface area (TPSA) is 80.5 Å². The van der Waals surface area contributed by atoms with Gasteiger partial charge in [-0.25, -0.2) is 4.98 Å². The summed E-state index contributed by atoms with van der Waals surface area (Å²) >= 11 is 0. The van der Waals surface area contributed by atoms with Crippen LogP contribution in [0.1, 0.15) is 26.0 Å². The number of non-ortho nitro benzene ring substituents is 1. The molecule has 140 valence electrons. The van der Waals surface area contributed by atoms with Gasteiger partial charge in [-0.15, -0.1) is 0 Å². The Kier molecular flexibility index (Phi) is 5.68. The highest BCUT2D eigenvalue weighted by molar-refractivity contribution is 5.96. The van der Waals surface area contributed by atoms with Crippen LogP contribution in [0.4, 0.5) is 11.4 Å². The van der Waals surface area contributed by atoms with Crippen molar-refractivity contribution in [3.05, 3.63) is 40.1 Å². The number of rotatable bonds is 6. The lowest BCUT2D eigenvalue weighted by atomic mass is 10.1. The number of fused-ring (bicyclic) bond motifs is 1. The Bertz CT molecular complexity index is 786. The fourth-order valence-corrected chi connectivity index (χ4v) is 3.65. The molecule has 26 heavy (non-hydrogen) atoms. The molecule has 0 aliphatic carbocycles. The molecular formula is C19H26N4O3. The molecule has 1 saturated heterocycles. The van der Waals surface area contributed by atoms with Crippen molar-refractivity contribution >= 4 is 22.3 Å². The number of nitro benzene ring substituents is 1. The average Bonchev–Trinajstić information content (AvgIpc) is 2.57. The van der Waals surface area contributed by atoms with E-state index in [-0.39, 0.29) is 22.8 Å². The standard InChI is InChI=1S/C19H26N4O3/c1-13-10-17(16-6-4-7-18(23(24)25)19(16)21-13)20-8-5-9-22-11-14(2)26-15(3)12-22/h4,6-7,10,14-15H,5,8-9,11-12H2,1-3H3,(H,20,21). The van der Waals surface area contributed by atoms with Gasteiger partial charge in [-0.1, -0.05) is 12.1 Å². The predicted molar refractivity (Wildman–Crippen MR) is 103 cm³/mol. The Labute approximate surface area is 153 Å². The van der Waals surface area contributed by atoms with E-state index in [1.165, 1.54) is 6.07 Å². The number of aryl methyl sites for hydroxylation is 1. The third kappa shape index (κ3) is 4.28. The van der Waals surface area contributed by atoms with Gasteiger partial charge in [0.15, 0.2) is 5.52 Å². The molecule has 1 aliphatic rings. The number of benzene rings is 1. The molecule has 1 aromatic carbocycles. The van der Waals surface area contributed by atoms with Crippen molar-refractivity contribution < 1.29 is 9.66 Å². The first kappa shape index (κ1) is 18.5. The summed E-state index contributed by atoms with van der Waals surface area (Å²) in [7, 11) is 0. The molecule has 1 aliphatic heterocycles. The third-order valence-electron chi connectivity index (χ3n) is 4.60. The summed E-state index contributed by atoms with van der Waals surface area (Å²) < 4.78 is 5.76. The highest BCUT2D eigenvalue weighted by atomic mass is 16.6. The summed E-state index contributed by atoms with van der Waals surface area (Å²) in [5, 5.41) is 15.5. The molecule has 0 radical (unpaired) electrons. The van der Waals surface area contributed by atoms with Gasteiger partial charge >= 0.3 is 0 Å². The minimum atomic E-state index is -0.376. The van der Waals surface area contributed by atoms with Crippen molar-refractivity contribution in [1.82, 2.24) is 9.88 Å². The van der Waals surface area contributed by atoms with E-state index in [2.05, 4.69) is 29.0 Å². The zero-order chi connectivity index (χ0) is 18.7. The van der Waals surface area contributed by atoms with Crippen LogP contribution in [0.15, 0.2) is 24.3 Å². The lowest BCUT2D eigenvalue weighted by Crippen LogP contribution is -2.45. The van der Waals surface area contributed by atoms with E-state index in [9.17, 15) is 10.1 Å². The van der Waals surface area contributed by atoms with Gasteiger partial charge in [-0.3, -0.25) is 15.0 Å². The van der Waals surface area contributed by atoms with Gasteiger partial charge in [-0.2, -0.15) is 0 Å². The molecule has 1 N–H and O–H groups in total. The first-order chi connectivity index (χ1) is 12.4. The summed E-state index contributed by atoms with van der Waals surface area (Å²) in [4.78, 5) is 17.7. The zero-order valence-electron chi connectivity index (χ0n) is 15.6. The molecule has 2 heterocycles. The van der Waals surface area contributed by atoms with Gasteiger partial charge in [0.25, 0.3) is 5.69 Å². The molecule has 2 unspecified atom stereocenters. The first-order valence-corrected chi connectivity index (χ1v) is 9.10. The molecule has 2 aromatic rings. The molecule has 3 rings (SSSR count). The van der Waals surface area contributed by atoms with Gasteiger partial charge in [0, 0.05) is 49.0 Å². The summed E-state index contributed by atoms with van der Waals surface area (Å²) in [6.07, 6.45) is 1.55. The van der Waals surface area contributed by atoms with Crippen LogP contribution in [0.3, 0.4) is 0 Å². The highest BCUT2D eigenvalue weighted by Gasteiger charge is 2.21. The van der Waals surface area contributed by atoms with Crippen molar-refractivity contribution in [2.45, 2.75) is 39.4 Å². The SMILES string of the molecule is Cc1cc(NCCCN2CC(C)OC(C)C2)c2cccc([N+](=O)[O-])c2n1. The molecular weight excluding hydrogens is 332 g/mol. The van der Waals surface area contributed by atoms with Gasteiger partial charge in [0.2, 0.25) is 0 Å². The van der Waals surface area contributed by atoms with Crippen molar-refractivity contribution in [2.75, 3.05) is 31.5 Å². The zero-order valence-corrected chi connectivity index (χ0v) is 15.6. The average molecular weight is 358 g/mol. The number of nitrogens with one attached hydrogen (secondary N) is 1. The number of nitro groups is 1. The lowest BCUT2D eigenvalue weighted by Gasteiger charge is -2.35. The van der Waals surface area contributed by atoms with Crippen LogP contribution in [0, 0.1) is 17.0 Å². The number of hydrogen-bond acceptors (Lipinski definition) is 6. The second kappa shape index (κ2) is 7.97. The lowest BCUT2D eigenvalue weighted by molar-refractivity contribution is -0.383. The predicted octanol–water partition coefficient (Wildman–Crippen LogP) is 3.36. The Hall–Kier alpha value is -2.25. The monoisotopic (exact) mass is 358 g/mol. The van der Waals surface area contributed by atoms with Crippen LogP contribution in [-0.4, -0.2) is 53.2 Å². The van der Waals surface area contributed by atoms with Crippen LogP contribution in [0.25, 0.3) is 10.9 Å². The Morgan fingerprint density at radius 3 is 2.77 bits per heavy atom. The number of nitrogens with zero attached hydrogens (tertiary/aromatic N) is 3. The van der Waals surface area contributed by atoms with E-state index in [1.807, 2.05) is 19.1 Å². The van der Waals surface area contributed by atoms with Crippen LogP contribution < -0.4 is 5.32 Å². The van der Waals surface area contributed by atoms with Crippen LogP contribution in [-0.2, 0) is 4.74 Å². The summed E-state index contributed by atoms with van der Waals surface area (Å²) in [5.74, 6) is 0. The largest absolute Gasteiger partial charge is 0.384 e. The van der Waals surface area contributed by atoms with Crippen molar-refractivity contribution in [3.8, 4) is 0 Å². The molecule has 0 saturated carbocycles. The van der Waals surface area contributed by atoms with Gasteiger partial charge < -0.3 is 10.1 Å². The van der Waals surface area contributed by atoms with Crippen LogP contribution >= 0.6 is 0 Å². The molecule has 0 spiro atoms. The van der Waals surface area contributed by atoms with E-state index in [0.29, 0.717) is 5.52 Å². The van der Waals surface area contributed by atoms with E-state index < -0.39 is 0 Å². The second-order valence-corrected chi connectivity index (χ2v) is 7.04. The quantitative estimate of drug-likeness (QED) is 0.484. The van der Waals surface area contributed by atoms with E-state index in [4.69, 9.17) is 4.74 Å². The molecule has 1 aromatic heterocycles. The van der Waals surface area contributed by atoms with Gasteiger partial charge in [0.1, 0.15) is 0 Å². The molecule has 0 amide bonds. The first-order valence-electron chi connectivity index (χ1n) is 9.10. The van der Waals surface area contributed by atoms with Crippen LogP contribution in [0.5, 0.6) is 0 Å². The minimum absolute atomic E-state index is 0.0468. The maximum Gasteiger partial charge on any atom is 0.295 e. The number of hydrogen-bond donors (Lipinski definition) is 1. The Morgan fingerprint density at radius 2 is 2.08 bits per heavy atom. The maximum absolute atomic E-state index is 11.3. The molecule has 7 nitrogen and oxygen atoms in total. The number of pyridine rings is 1.